The molecule has 1 heterocycles. The Morgan fingerprint density at radius 1 is 1.21 bits per heavy atom. The summed E-state index contributed by atoms with van der Waals surface area (Å²) in [5, 5.41) is 5.13. The molecule has 2 aromatic rings. The highest BCUT2D eigenvalue weighted by Crippen LogP contribution is 2.29. The minimum absolute atomic E-state index is 0.212. The predicted molar refractivity (Wildman–Crippen MR) is 104 cm³/mol. The van der Waals surface area contributed by atoms with E-state index in [1.54, 1.807) is 31.2 Å². The third kappa shape index (κ3) is 4.15. The largest absolute Gasteiger partial charge is 0.492 e. The van der Waals surface area contributed by atoms with Crippen LogP contribution in [0, 0.1) is 0 Å². The van der Waals surface area contributed by atoms with Crippen LogP contribution in [-0.4, -0.2) is 41.4 Å². The second-order valence-electron chi connectivity index (χ2n) is 5.75. The van der Waals surface area contributed by atoms with Crippen LogP contribution in [0.25, 0.3) is 0 Å². The van der Waals surface area contributed by atoms with Gasteiger partial charge in [-0.25, -0.2) is 8.42 Å². The number of nitrogens with one attached hydrogen (secondary N) is 2. The molecule has 9 nitrogen and oxygen atoms in total. The number of ether oxygens (including phenoxy) is 1. The van der Waals surface area contributed by atoms with Crippen molar-refractivity contribution in [3.8, 4) is 5.75 Å². The van der Waals surface area contributed by atoms with Crippen molar-refractivity contribution in [3.05, 3.63) is 42.5 Å². The topological polar surface area (TPSA) is 131 Å². The maximum Gasteiger partial charge on any atom is 0.285 e. The van der Waals surface area contributed by atoms with Crippen molar-refractivity contribution in [1.29, 1.82) is 0 Å². The highest BCUT2D eigenvalue weighted by molar-refractivity contribution is 7.92. The SMILES string of the molecule is CCOc1ccccc1NC(=O)CS(=O)(=O)c1ccc2c(c1)S(=O)(=O)N=CN2. The maximum atomic E-state index is 12.6. The number of hydrogen-bond donors (Lipinski definition) is 2. The molecule has 2 N–H and O–H groups in total. The van der Waals surface area contributed by atoms with Crippen LogP contribution in [-0.2, 0) is 24.7 Å². The second-order valence-corrected chi connectivity index (χ2v) is 9.34. The fraction of sp³-hybridized carbons (Fsp3) is 0.176. The Balaban J connectivity index is 1.82. The highest BCUT2D eigenvalue weighted by atomic mass is 32.2. The van der Waals surface area contributed by atoms with Crippen molar-refractivity contribution in [1.82, 2.24) is 0 Å². The number of rotatable bonds is 6. The number of para-hydroxylation sites is 2. The van der Waals surface area contributed by atoms with Crippen LogP contribution in [0.15, 0.2) is 56.7 Å². The molecule has 0 bridgehead atoms. The van der Waals surface area contributed by atoms with E-state index in [4.69, 9.17) is 4.74 Å². The normalized spacial score (nSPS) is 14.6. The summed E-state index contributed by atoms with van der Waals surface area (Å²) >= 11 is 0. The summed E-state index contributed by atoms with van der Waals surface area (Å²) in [6, 6.07) is 10.2. The van der Waals surface area contributed by atoms with Gasteiger partial charge >= 0.3 is 0 Å². The minimum Gasteiger partial charge on any atom is -0.492 e. The summed E-state index contributed by atoms with van der Waals surface area (Å²) in [5.41, 5.74) is 0.556. The molecule has 28 heavy (non-hydrogen) atoms. The van der Waals surface area contributed by atoms with Gasteiger partial charge in [0.15, 0.2) is 9.84 Å². The van der Waals surface area contributed by atoms with E-state index in [-0.39, 0.29) is 15.5 Å². The van der Waals surface area contributed by atoms with Gasteiger partial charge < -0.3 is 15.4 Å². The molecule has 0 atom stereocenters. The first kappa shape index (κ1) is 19.8. The average molecular weight is 423 g/mol. The van der Waals surface area contributed by atoms with E-state index in [0.717, 1.165) is 12.4 Å². The van der Waals surface area contributed by atoms with E-state index in [1.807, 2.05) is 0 Å². The van der Waals surface area contributed by atoms with E-state index < -0.39 is 31.5 Å². The number of anilines is 2. The van der Waals surface area contributed by atoms with Crippen LogP contribution in [0.4, 0.5) is 11.4 Å². The molecular formula is C17H17N3O6S2. The molecule has 0 aromatic heterocycles. The Morgan fingerprint density at radius 3 is 2.71 bits per heavy atom. The van der Waals surface area contributed by atoms with Crippen molar-refractivity contribution in [2.24, 2.45) is 4.40 Å². The fourth-order valence-electron chi connectivity index (χ4n) is 2.54. The van der Waals surface area contributed by atoms with Crippen molar-refractivity contribution >= 4 is 43.5 Å². The summed E-state index contributed by atoms with van der Waals surface area (Å²) in [7, 11) is -8.07. The second kappa shape index (κ2) is 7.60. The fourth-order valence-corrected chi connectivity index (χ4v) is 4.76. The molecule has 0 aliphatic carbocycles. The first-order chi connectivity index (χ1) is 13.2. The standard InChI is InChI=1S/C17H17N3O6S2/c1-2-26-15-6-4-3-5-13(15)20-17(21)10-27(22,23)12-7-8-14-16(9-12)28(24,25)19-11-18-14/h3-9,11H,2,10H2,1H3,(H,18,19)(H,20,21). The molecule has 0 saturated heterocycles. The summed E-state index contributed by atoms with van der Waals surface area (Å²) < 4.78 is 57.9. The number of carbonyl (C=O) groups excluding carboxylic acids is 1. The van der Waals surface area contributed by atoms with E-state index in [9.17, 15) is 21.6 Å². The van der Waals surface area contributed by atoms with Crippen LogP contribution in [0.5, 0.6) is 5.75 Å². The van der Waals surface area contributed by atoms with Crippen molar-refractivity contribution in [2.75, 3.05) is 23.0 Å². The zero-order valence-electron chi connectivity index (χ0n) is 14.7. The van der Waals surface area contributed by atoms with Gasteiger partial charge in [-0.1, -0.05) is 12.1 Å². The Bertz CT molecular complexity index is 1160. The first-order valence-corrected chi connectivity index (χ1v) is 11.3. The summed E-state index contributed by atoms with van der Waals surface area (Å²) in [6.45, 7) is 2.16. The lowest BCUT2D eigenvalue weighted by Crippen LogP contribution is -2.23. The molecule has 2 aromatic carbocycles. The Hall–Kier alpha value is -2.92. The van der Waals surface area contributed by atoms with Crippen molar-refractivity contribution < 1.29 is 26.4 Å². The Labute approximate surface area is 162 Å². The van der Waals surface area contributed by atoms with Gasteiger partial charge in [-0.3, -0.25) is 4.79 Å². The molecule has 1 amide bonds. The van der Waals surface area contributed by atoms with E-state index in [1.165, 1.54) is 12.1 Å². The van der Waals surface area contributed by atoms with Crippen molar-refractivity contribution in [2.45, 2.75) is 16.7 Å². The number of sulfone groups is 1. The lowest BCUT2D eigenvalue weighted by atomic mass is 10.3. The van der Waals surface area contributed by atoms with Gasteiger partial charge in [0.05, 0.1) is 22.9 Å². The number of nitrogens with zero attached hydrogens (tertiary/aromatic N) is 1. The number of sulfonamides is 1. The van der Waals surface area contributed by atoms with E-state index >= 15 is 0 Å². The lowest BCUT2D eigenvalue weighted by Gasteiger charge is -2.14. The lowest BCUT2D eigenvalue weighted by molar-refractivity contribution is -0.113. The maximum absolute atomic E-state index is 12.6. The van der Waals surface area contributed by atoms with Gasteiger partial charge in [0.25, 0.3) is 10.0 Å². The molecule has 1 aliphatic heterocycles. The quantitative estimate of drug-likeness (QED) is 0.722. The molecular weight excluding hydrogens is 406 g/mol. The number of fused-ring (bicyclic) bond motifs is 1. The molecule has 0 saturated carbocycles. The molecule has 11 heteroatoms. The average Bonchev–Trinajstić information content (AvgIpc) is 2.62. The zero-order valence-corrected chi connectivity index (χ0v) is 16.4. The van der Waals surface area contributed by atoms with Crippen LogP contribution < -0.4 is 15.4 Å². The van der Waals surface area contributed by atoms with E-state index in [2.05, 4.69) is 15.0 Å². The van der Waals surface area contributed by atoms with Crippen LogP contribution in [0.2, 0.25) is 0 Å². The summed E-state index contributed by atoms with van der Waals surface area (Å²) in [5.74, 6) is -1.22. The number of benzene rings is 2. The van der Waals surface area contributed by atoms with Crippen molar-refractivity contribution in [3.63, 3.8) is 0 Å². The van der Waals surface area contributed by atoms with Gasteiger partial charge in [0, 0.05) is 0 Å². The summed E-state index contributed by atoms with van der Waals surface area (Å²) in [4.78, 5) is 11.7. The smallest absolute Gasteiger partial charge is 0.285 e. The molecule has 3 rings (SSSR count). The van der Waals surface area contributed by atoms with Gasteiger partial charge in [-0.05, 0) is 37.3 Å². The Morgan fingerprint density at radius 2 is 1.96 bits per heavy atom. The molecule has 0 fully saturated rings. The van der Waals surface area contributed by atoms with Crippen LogP contribution >= 0.6 is 0 Å². The van der Waals surface area contributed by atoms with Crippen LogP contribution in [0.1, 0.15) is 6.92 Å². The first-order valence-electron chi connectivity index (χ1n) is 8.17. The van der Waals surface area contributed by atoms with Gasteiger partial charge in [-0.2, -0.15) is 8.42 Å². The van der Waals surface area contributed by atoms with Crippen LogP contribution in [0.3, 0.4) is 0 Å². The number of carbonyl (C=O) groups is 1. The predicted octanol–water partition coefficient (Wildman–Crippen LogP) is 1.64. The molecule has 148 valence electrons. The molecule has 0 unspecified atom stereocenters. The molecule has 1 aliphatic rings. The Kier molecular flexibility index (Phi) is 5.38. The van der Waals surface area contributed by atoms with E-state index in [0.29, 0.717) is 18.0 Å². The zero-order chi connectivity index (χ0) is 20.4. The third-order valence-electron chi connectivity index (χ3n) is 3.78. The van der Waals surface area contributed by atoms with Gasteiger partial charge in [0.2, 0.25) is 5.91 Å². The molecule has 0 radical (unpaired) electrons. The number of amides is 1. The summed E-state index contributed by atoms with van der Waals surface area (Å²) in [6.07, 6.45) is 1.01. The third-order valence-corrected chi connectivity index (χ3v) is 6.67. The molecule has 0 spiro atoms. The van der Waals surface area contributed by atoms with Gasteiger partial charge in [0.1, 0.15) is 22.7 Å². The highest BCUT2D eigenvalue weighted by Gasteiger charge is 2.26. The van der Waals surface area contributed by atoms with Gasteiger partial charge in [-0.15, -0.1) is 4.40 Å². The number of hydrogen-bond acceptors (Lipinski definition) is 7. The monoisotopic (exact) mass is 423 g/mol. The minimum atomic E-state index is -4.09.